The maximum absolute atomic E-state index is 13.3. The van der Waals surface area contributed by atoms with Gasteiger partial charge in [0.25, 0.3) is 11.5 Å². The van der Waals surface area contributed by atoms with Crippen LogP contribution < -0.4 is 10.9 Å². The summed E-state index contributed by atoms with van der Waals surface area (Å²) in [6.07, 6.45) is -3.33. The number of Topliss-reactive ketones (excluding diaryl/α,β-unsaturated/α-hetero) is 1. The van der Waals surface area contributed by atoms with E-state index in [0.29, 0.717) is 24.2 Å². The smallest absolute Gasteiger partial charge is 0.322 e. The zero-order valence-corrected chi connectivity index (χ0v) is 17.1. The number of hydrogen-bond acceptors (Lipinski definition) is 3. The first kappa shape index (κ1) is 21.5. The summed E-state index contributed by atoms with van der Waals surface area (Å²) in [4.78, 5) is 38.8. The molecule has 1 N–H and O–H groups in total. The molecule has 1 amide bonds. The standard InChI is InChI=1S/C24H19F3N2O3/c1-14-4-2-5-16(12-14)28-22(31)19-13-18-20(6-3-7-21(18)30)29(23(19)32)17-10-8-15(9-11-17)24(25,26)27/h2,4-5,8-13H,3,6-7H2,1H3,(H,28,31). The Labute approximate surface area is 181 Å². The highest BCUT2D eigenvalue weighted by Crippen LogP contribution is 2.30. The highest BCUT2D eigenvalue weighted by atomic mass is 19.4. The number of benzene rings is 2. The molecule has 5 nitrogen and oxygen atoms in total. The molecular formula is C24H19F3N2O3. The van der Waals surface area contributed by atoms with Gasteiger partial charge in [0.05, 0.1) is 5.56 Å². The van der Waals surface area contributed by atoms with E-state index in [-0.39, 0.29) is 29.0 Å². The average molecular weight is 440 g/mol. The molecule has 1 heterocycles. The van der Waals surface area contributed by atoms with Gasteiger partial charge in [-0.3, -0.25) is 19.0 Å². The summed E-state index contributed by atoms with van der Waals surface area (Å²) in [6, 6.07) is 12.4. The minimum atomic E-state index is -4.52. The number of carbonyl (C=O) groups is 2. The second-order valence-corrected chi connectivity index (χ2v) is 7.70. The van der Waals surface area contributed by atoms with Crippen molar-refractivity contribution in [2.75, 3.05) is 5.32 Å². The Morgan fingerprint density at radius 1 is 1.00 bits per heavy atom. The number of carbonyl (C=O) groups excluding carboxylic acids is 2. The van der Waals surface area contributed by atoms with Gasteiger partial charge in [0.15, 0.2) is 5.78 Å². The predicted molar refractivity (Wildman–Crippen MR) is 113 cm³/mol. The minimum absolute atomic E-state index is 0.166. The van der Waals surface area contributed by atoms with Crippen LogP contribution in [0, 0.1) is 6.92 Å². The van der Waals surface area contributed by atoms with Crippen molar-refractivity contribution in [1.29, 1.82) is 0 Å². The second-order valence-electron chi connectivity index (χ2n) is 7.70. The zero-order chi connectivity index (χ0) is 23.0. The summed E-state index contributed by atoms with van der Waals surface area (Å²) in [5.74, 6) is -0.904. The summed E-state index contributed by atoms with van der Waals surface area (Å²) >= 11 is 0. The fourth-order valence-electron chi connectivity index (χ4n) is 3.85. The highest BCUT2D eigenvalue weighted by Gasteiger charge is 2.31. The molecule has 32 heavy (non-hydrogen) atoms. The Bertz CT molecular complexity index is 1280. The molecule has 0 saturated carbocycles. The molecule has 4 rings (SSSR count). The number of ketones is 1. The van der Waals surface area contributed by atoms with Crippen LogP contribution in [0.3, 0.4) is 0 Å². The first-order chi connectivity index (χ1) is 15.1. The zero-order valence-electron chi connectivity index (χ0n) is 17.1. The second kappa shape index (κ2) is 8.11. The maximum Gasteiger partial charge on any atom is 0.416 e. The van der Waals surface area contributed by atoms with Gasteiger partial charge >= 0.3 is 6.18 Å². The van der Waals surface area contributed by atoms with Gasteiger partial charge in [-0.1, -0.05) is 12.1 Å². The molecule has 164 valence electrons. The van der Waals surface area contributed by atoms with Crippen LogP contribution >= 0.6 is 0 Å². The average Bonchev–Trinajstić information content (AvgIpc) is 2.73. The van der Waals surface area contributed by atoms with E-state index in [1.807, 2.05) is 13.0 Å². The van der Waals surface area contributed by atoms with Crippen molar-refractivity contribution in [3.8, 4) is 5.69 Å². The van der Waals surface area contributed by atoms with Gasteiger partial charge < -0.3 is 5.32 Å². The van der Waals surface area contributed by atoms with Gasteiger partial charge in [0.2, 0.25) is 0 Å². The Morgan fingerprint density at radius 2 is 1.72 bits per heavy atom. The van der Waals surface area contributed by atoms with Crippen molar-refractivity contribution in [3.63, 3.8) is 0 Å². The van der Waals surface area contributed by atoms with E-state index >= 15 is 0 Å². The lowest BCUT2D eigenvalue weighted by Crippen LogP contribution is -2.33. The molecule has 0 spiro atoms. The summed E-state index contributed by atoms with van der Waals surface area (Å²) in [7, 11) is 0. The number of rotatable bonds is 3. The molecule has 0 radical (unpaired) electrons. The number of hydrogen-bond donors (Lipinski definition) is 1. The molecule has 3 aromatic rings. The fourth-order valence-corrected chi connectivity index (χ4v) is 3.85. The van der Waals surface area contributed by atoms with Crippen molar-refractivity contribution in [1.82, 2.24) is 4.57 Å². The van der Waals surface area contributed by atoms with Crippen LogP contribution in [0.15, 0.2) is 59.4 Å². The van der Waals surface area contributed by atoms with E-state index < -0.39 is 23.2 Å². The van der Waals surface area contributed by atoms with E-state index in [9.17, 15) is 27.6 Å². The number of pyridine rings is 1. The van der Waals surface area contributed by atoms with Crippen LogP contribution in [0.1, 0.15) is 50.4 Å². The predicted octanol–water partition coefficient (Wildman–Crippen LogP) is 4.94. The van der Waals surface area contributed by atoms with Crippen molar-refractivity contribution in [3.05, 3.63) is 92.9 Å². The number of aryl methyl sites for hydroxylation is 1. The molecule has 1 aromatic heterocycles. The van der Waals surface area contributed by atoms with Crippen molar-refractivity contribution >= 4 is 17.4 Å². The van der Waals surface area contributed by atoms with Crippen molar-refractivity contribution in [2.45, 2.75) is 32.4 Å². The fraction of sp³-hybridized carbons (Fsp3) is 0.208. The largest absolute Gasteiger partial charge is 0.416 e. The van der Waals surface area contributed by atoms with Crippen LogP contribution in [0.25, 0.3) is 5.69 Å². The van der Waals surface area contributed by atoms with Crippen molar-refractivity contribution in [2.24, 2.45) is 0 Å². The monoisotopic (exact) mass is 440 g/mol. The van der Waals surface area contributed by atoms with Gasteiger partial charge in [-0.2, -0.15) is 13.2 Å². The molecule has 2 aromatic carbocycles. The first-order valence-corrected chi connectivity index (χ1v) is 10.0. The summed E-state index contributed by atoms with van der Waals surface area (Å²) in [5, 5.41) is 2.66. The SMILES string of the molecule is Cc1cccc(NC(=O)c2cc3c(n(-c4ccc(C(F)(F)F)cc4)c2=O)CCCC3=O)c1. The van der Waals surface area contributed by atoms with Crippen LogP contribution in [0.2, 0.25) is 0 Å². The van der Waals surface area contributed by atoms with E-state index in [2.05, 4.69) is 5.32 Å². The lowest BCUT2D eigenvalue weighted by atomic mass is 9.92. The number of amides is 1. The summed E-state index contributed by atoms with van der Waals surface area (Å²) < 4.78 is 40.1. The number of anilines is 1. The normalized spacial score (nSPS) is 13.6. The van der Waals surface area contributed by atoms with E-state index in [1.165, 1.54) is 22.8 Å². The molecular weight excluding hydrogens is 421 g/mol. The number of nitrogens with one attached hydrogen (secondary N) is 1. The van der Waals surface area contributed by atoms with Gasteiger partial charge in [-0.25, -0.2) is 0 Å². The number of halogens is 3. The van der Waals surface area contributed by atoms with Gasteiger partial charge in [0.1, 0.15) is 5.56 Å². The van der Waals surface area contributed by atoms with E-state index in [4.69, 9.17) is 0 Å². The highest BCUT2D eigenvalue weighted by molar-refractivity contribution is 6.06. The quantitative estimate of drug-likeness (QED) is 0.628. The van der Waals surface area contributed by atoms with Crippen LogP contribution in [0.4, 0.5) is 18.9 Å². The molecule has 0 aliphatic heterocycles. The van der Waals surface area contributed by atoms with Crippen molar-refractivity contribution < 1.29 is 22.8 Å². The third-order valence-electron chi connectivity index (χ3n) is 5.39. The van der Waals surface area contributed by atoms with Crippen LogP contribution in [0.5, 0.6) is 0 Å². The van der Waals surface area contributed by atoms with Crippen LogP contribution in [-0.4, -0.2) is 16.3 Å². The molecule has 0 atom stereocenters. The van der Waals surface area contributed by atoms with Gasteiger partial charge in [-0.15, -0.1) is 0 Å². The third-order valence-corrected chi connectivity index (χ3v) is 5.39. The first-order valence-electron chi connectivity index (χ1n) is 10.0. The Morgan fingerprint density at radius 3 is 2.38 bits per heavy atom. The van der Waals surface area contributed by atoms with E-state index in [0.717, 1.165) is 17.7 Å². The molecule has 0 unspecified atom stereocenters. The van der Waals surface area contributed by atoms with Gasteiger partial charge in [0, 0.05) is 29.1 Å². The van der Waals surface area contributed by atoms with Crippen LogP contribution in [-0.2, 0) is 12.6 Å². The molecule has 0 saturated heterocycles. The summed E-state index contributed by atoms with van der Waals surface area (Å²) in [5.41, 5.74) is 0.406. The molecule has 1 aliphatic rings. The lowest BCUT2D eigenvalue weighted by Gasteiger charge is -2.22. The molecule has 8 heteroatoms. The number of fused-ring (bicyclic) bond motifs is 1. The maximum atomic E-state index is 13.3. The summed E-state index contributed by atoms with van der Waals surface area (Å²) in [6.45, 7) is 1.85. The number of nitrogens with zero attached hydrogens (tertiary/aromatic N) is 1. The molecule has 0 bridgehead atoms. The van der Waals surface area contributed by atoms with Gasteiger partial charge in [-0.05, 0) is 67.8 Å². The minimum Gasteiger partial charge on any atom is -0.322 e. The topological polar surface area (TPSA) is 68.2 Å². The Kier molecular flexibility index (Phi) is 5.46. The molecule has 1 aliphatic carbocycles. The lowest BCUT2D eigenvalue weighted by molar-refractivity contribution is -0.137. The molecule has 0 fully saturated rings. The Hall–Kier alpha value is -3.68. The number of aromatic nitrogens is 1. The number of alkyl halides is 3. The van der Waals surface area contributed by atoms with E-state index in [1.54, 1.807) is 18.2 Å². The Balaban J connectivity index is 1.84. The third kappa shape index (κ3) is 4.08.